The number of ether oxygens (including phenoxy) is 1. The van der Waals surface area contributed by atoms with Crippen LogP contribution in [0.3, 0.4) is 0 Å². The molecule has 1 fully saturated rings. The molecule has 1 aromatic carbocycles. The van der Waals surface area contributed by atoms with Crippen LogP contribution in [-0.2, 0) is 11.2 Å². The van der Waals surface area contributed by atoms with Gasteiger partial charge in [-0.2, -0.15) is 5.10 Å². The van der Waals surface area contributed by atoms with Gasteiger partial charge in [0.15, 0.2) is 0 Å². The second-order valence-electron chi connectivity index (χ2n) is 7.86. The molecule has 0 saturated carbocycles. The van der Waals surface area contributed by atoms with E-state index in [1.54, 1.807) is 16.9 Å². The Labute approximate surface area is 180 Å². The lowest BCUT2D eigenvalue weighted by atomic mass is 10.0. The van der Waals surface area contributed by atoms with Gasteiger partial charge in [0.25, 0.3) is 5.91 Å². The summed E-state index contributed by atoms with van der Waals surface area (Å²) in [7, 11) is 0. The van der Waals surface area contributed by atoms with Gasteiger partial charge in [-0.25, -0.2) is 4.52 Å². The summed E-state index contributed by atoms with van der Waals surface area (Å²) in [5, 5.41) is 7.63. The first-order chi connectivity index (χ1) is 15.3. The highest BCUT2D eigenvalue weighted by molar-refractivity contribution is 5.93. The highest BCUT2D eigenvalue weighted by atomic mass is 16.5. The molecule has 156 valence electrons. The monoisotopic (exact) mass is 412 g/mol. The average molecular weight is 412 g/mol. The zero-order valence-electron chi connectivity index (χ0n) is 17.2. The summed E-state index contributed by atoms with van der Waals surface area (Å²) in [5.41, 5.74) is 6.02. The normalized spacial score (nSPS) is 14.6. The Balaban J connectivity index is 1.39. The predicted molar refractivity (Wildman–Crippen MR) is 119 cm³/mol. The fraction of sp³-hybridized carbons (Fsp3) is 0.240. The third-order valence-electron chi connectivity index (χ3n) is 5.73. The van der Waals surface area contributed by atoms with Crippen LogP contribution < -0.4 is 5.32 Å². The molecule has 0 unspecified atom stereocenters. The van der Waals surface area contributed by atoms with Gasteiger partial charge in [-0.05, 0) is 71.8 Å². The quantitative estimate of drug-likeness (QED) is 0.540. The number of carbonyl (C=O) groups is 1. The minimum atomic E-state index is -0.128. The summed E-state index contributed by atoms with van der Waals surface area (Å²) in [6, 6.07) is 18.6. The molecule has 0 spiro atoms. The van der Waals surface area contributed by atoms with Gasteiger partial charge in [0.1, 0.15) is 5.69 Å². The lowest BCUT2D eigenvalue weighted by Gasteiger charge is -2.23. The summed E-state index contributed by atoms with van der Waals surface area (Å²) in [6.45, 7) is 1.38. The maximum absolute atomic E-state index is 12.9. The van der Waals surface area contributed by atoms with Crippen LogP contribution in [0.4, 0.5) is 0 Å². The van der Waals surface area contributed by atoms with E-state index in [0.717, 1.165) is 41.5 Å². The largest absolute Gasteiger partial charge is 0.381 e. The molecular weight excluding hydrogens is 388 g/mol. The summed E-state index contributed by atoms with van der Waals surface area (Å²) in [6.07, 6.45) is 7.90. The maximum Gasteiger partial charge on any atom is 0.271 e. The average Bonchev–Trinajstić information content (AvgIpc) is 3.30. The van der Waals surface area contributed by atoms with Crippen LogP contribution >= 0.6 is 0 Å². The van der Waals surface area contributed by atoms with Gasteiger partial charge in [-0.3, -0.25) is 9.78 Å². The van der Waals surface area contributed by atoms with Gasteiger partial charge in [-0.15, -0.1) is 0 Å². The summed E-state index contributed by atoms with van der Waals surface area (Å²) in [4.78, 5) is 16.9. The molecule has 0 bridgehead atoms. The molecule has 3 aromatic heterocycles. The van der Waals surface area contributed by atoms with Gasteiger partial charge in [0.2, 0.25) is 0 Å². The number of nitrogens with zero attached hydrogens (tertiary/aromatic N) is 3. The molecule has 1 aliphatic rings. The standard InChI is InChI=1S/C25H24N4O2/c30-25(27-22-9-14-31-15-10-22)23-17-21(24-2-1-13-29(24)28-23)16-18-3-5-19(6-4-18)20-7-11-26-12-8-20/h1-8,11-13,17,22H,9-10,14-16H2,(H,27,30). The zero-order chi connectivity index (χ0) is 21.0. The van der Waals surface area contributed by atoms with E-state index in [9.17, 15) is 4.79 Å². The van der Waals surface area contributed by atoms with Crippen LogP contribution in [0.2, 0.25) is 0 Å². The molecule has 4 aromatic rings. The fourth-order valence-corrected chi connectivity index (χ4v) is 4.03. The van der Waals surface area contributed by atoms with Crippen molar-refractivity contribution in [3.8, 4) is 11.1 Å². The predicted octanol–water partition coefficient (Wildman–Crippen LogP) is 3.90. The lowest BCUT2D eigenvalue weighted by molar-refractivity contribution is 0.0693. The second-order valence-corrected chi connectivity index (χ2v) is 7.86. The number of carbonyl (C=O) groups excluding carboxylic acids is 1. The zero-order valence-corrected chi connectivity index (χ0v) is 17.2. The molecule has 6 nitrogen and oxygen atoms in total. The number of pyridine rings is 1. The van der Waals surface area contributed by atoms with Crippen molar-refractivity contribution in [2.24, 2.45) is 0 Å². The molecule has 0 radical (unpaired) electrons. The van der Waals surface area contributed by atoms with Crippen molar-refractivity contribution < 1.29 is 9.53 Å². The van der Waals surface area contributed by atoms with Crippen LogP contribution in [0.25, 0.3) is 16.6 Å². The van der Waals surface area contributed by atoms with Crippen LogP contribution in [0.1, 0.15) is 34.5 Å². The van der Waals surface area contributed by atoms with E-state index >= 15 is 0 Å². The Hall–Kier alpha value is -3.51. The molecule has 1 N–H and O–H groups in total. The summed E-state index contributed by atoms with van der Waals surface area (Å²) in [5.74, 6) is -0.128. The van der Waals surface area contributed by atoms with Gasteiger partial charge in [0, 0.05) is 37.8 Å². The van der Waals surface area contributed by atoms with Gasteiger partial charge in [0.05, 0.1) is 5.52 Å². The number of benzene rings is 1. The first-order valence-corrected chi connectivity index (χ1v) is 10.6. The van der Waals surface area contributed by atoms with Crippen LogP contribution in [0.5, 0.6) is 0 Å². The number of hydrogen-bond acceptors (Lipinski definition) is 4. The van der Waals surface area contributed by atoms with E-state index in [1.165, 1.54) is 5.56 Å². The van der Waals surface area contributed by atoms with Crippen molar-refractivity contribution in [3.63, 3.8) is 0 Å². The maximum atomic E-state index is 12.9. The van der Waals surface area contributed by atoms with E-state index in [2.05, 4.69) is 39.7 Å². The summed E-state index contributed by atoms with van der Waals surface area (Å²) < 4.78 is 7.17. The molecule has 1 saturated heterocycles. The van der Waals surface area contributed by atoms with Gasteiger partial charge < -0.3 is 10.1 Å². The smallest absolute Gasteiger partial charge is 0.271 e. The topological polar surface area (TPSA) is 68.5 Å². The van der Waals surface area contributed by atoms with Crippen molar-refractivity contribution >= 4 is 11.4 Å². The molecular formula is C25H24N4O2. The molecule has 1 amide bonds. The van der Waals surface area contributed by atoms with E-state index in [1.807, 2.05) is 36.5 Å². The second kappa shape index (κ2) is 8.70. The molecule has 4 heterocycles. The molecule has 5 rings (SSSR count). The Morgan fingerprint density at radius 2 is 1.77 bits per heavy atom. The molecule has 0 aliphatic carbocycles. The Kier molecular flexibility index (Phi) is 5.46. The van der Waals surface area contributed by atoms with Crippen LogP contribution in [0, 0.1) is 0 Å². The minimum absolute atomic E-state index is 0.128. The lowest BCUT2D eigenvalue weighted by Crippen LogP contribution is -2.39. The van der Waals surface area contributed by atoms with Crippen molar-refractivity contribution in [3.05, 3.63) is 90.0 Å². The van der Waals surface area contributed by atoms with E-state index < -0.39 is 0 Å². The Morgan fingerprint density at radius 1 is 1.03 bits per heavy atom. The third kappa shape index (κ3) is 4.34. The Morgan fingerprint density at radius 3 is 2.55 bits per heavy atom. The third-order valence-corrected chi connectivity index (χ3v) is 5.73. The van der Waals surface area contributed by atoms with E-state index in [-0.39, 0.29) is 11.9 Å². The summed E-state index contributed by atoms with van der Waals surface area (Å²) >= 11 is 0. The van der Waals surface area contributed by atoms with Gasteiger partial charge >= 0.3 is 0 Å². The number of rotatable bonds is 5. The highest BCUT2D eigenvalue weighted by Crippen LogP contribution is 2.22. The van der Waals surface area contributed by atoms with Crippen LogP contribution in [-0.4, -0.2) is 39.8 Å². The van der Waals surface area contributed by atoms with Gasteiger partial charge in [-0.1, -0.05) is 24.3 Å². The van der Waals surface area contributed by atoms with Crippen molar-refractivity contribution in [1.82, 2.24) is 19.9 Å². The van der Waals surface area contributed by atoms with Crippen molar-refractivity contribution in [2.45, 2.75) is 25.3 Å². The number of hydrogen-bond donors (Lipinski definition) is 1. The first kappa shape index (κ1) is 19.5. The molecule has 31 heavy (non-hydrogen) atoms. The highest BCUT2D eigenvalue weighted by Gasteiger charge is 2.19. The molecule has 6 heteroatoms. The van der Waals surface area contributed by atoms with Crippen molar-refractivity contribution in [1.29, 1.82) is 0 Å². The number of amides is 1. The number of fused-ring (bicyclic) bond motifs is 1. The number of aromatic nitrogens is 3. The SMILES string of the molecule is O=C(NC1CCOCC1)c1cc(Cc2ccc(-c3ccncc3)cc2)c2cccn2n1. The van der Waals surface area contributed by atoms with E-state index in [0.29, 0.717) is 18.9 Å². The fourth-order valence-electron chi connectivity index (χ4n) is 4.03. The number of nitrogens with one attached hydrogen (secondary N) is 1. The first-order valence-electron chi connectivity index (χ1n) is 10.6. The Bertz CT molecular complexity index is 1180. The molecule has 1 aliphatic heterocycles. The van der Waals surface area contributed by atoms with Crippen LogP contribution in [0.15, 0.2) is 73.2 Å². The van der Waals surface area contributed by atoms with E-state index in [4.69, 9.17) is 4.74 Å². The van der Waals surface area contributed by atoms with Crippen molar-refractivity contribution in [2.75, 3.05) is 13.2 Å². The minimum Gasteiger partial charge on any atom is -0.381 e. The molecule has 0 atom stereocenters.